The minimum Gasteiger partial charge on any atom is -0.455 e. The third-order valence-electron chi connectivity index (χ3n) is 8.26. The lowest BCUT2D eigenvalue weighted by molar-refractivity contribution is 0.0964. The largest absolute Gasteiger partial charge is 0.455 e. The minimum atomic E-state index is -1.49. The summed E-state index contributed by atoms with van der Waals surface area (Å²) in [5.41, 5.74) is 2.76. The number of carbonyl (C=O) groups excluding carboxylic acids is 1. The zero-order valence-electron chi connectivity index (χ0n) is 26.5. The van der Waals surface area contributed by atoms with Crippen LogP contribution < -0.4 is 15.2 Å². The molecule has 0 aliphatic heterocycles. The Balaban J connectivity index is 1.60. The van der Waals surface area contributed by atoms with Crippen LogP contribution in [0.4, 0.5) is 14.5 Å². The first-order valence-corrected chi connectivity index (χ1v) is 16.5. The fourth-order valence-corrected chi connectivity index (χ4v) is 6.28. The number of hydrogen-bond acceptors (Lipinski definition) is 7. The molecule has 0 saturated heterocycles. The van der Waals surface area contributed by atoms with E-state index in [-0.39, 0.29) is 29.9 Å². The van der Waals surface area contributed by atoms with E-state index in [1.54, 1.807) is 50.4 Å². The molecule has 0 bridgehead atoms. The van der Waals surface area contributed by atoms with Crippen molar-refractivity contribution in [1.82, 2.24) is 19.9 Å². The summed E-state index contributed by atoms with van der Waals surface area (Å²) in [6.45, 7) is 1.44. The molecule has 10 nitrogen and oxygen atoms in total. The summed E-state index contributed by atoms with van der Waals surface area (Å²) in [7, 11) is 1.63. The maximum atomic E-state index is 14.1. The van der Waals surface area contributed by atoms with Crippen LogP contribution in [0.15, 0.2) is 82.0 Å². The molecule has 3 aromatic carbocycles. The summed E-state index contributed by atoms with van der Waals surface area (Å²) in [5, 5.41) is 12.9. The zero-order valence-corrected chi connectivity index (χ0v) is 27.3. The van der Waals surface area contributed by atoms with E-state index in [0.29, 0.717) is 50.4 Å². The highest BCUT2D eigenvalue weighted by atomic mass is 32.2. The summed E-state index contributed by atoms with van der Waals surface area (Å²) in [5.74, 6) is -0.711. The van der Waals surface area contributed by atoms with Crippen molar-refractivity contribution in [2.75, 3.05) is 31.3 Å². The summed E-state index contributed by atoms with van der Waals surface area (Å²) in [6.07, 6.45) is 1.68. The lowest BCUT2D eigenvalue weighted by Gasteiger charge is -2.22. The molecule has 0 spiro atoms. The second-order valence-corrected chi connectivity index (χ2v) is 12.6. The number of benzene rings is 3. The maximum Gasteiger partial charge on any atom is 0.280 e. The third kappa shape index (κ3) is 5.86. The van der Waals surface area contributed by atoms with Crippen molar-refractivity contribution in [2.24, 2.45) is 0 Å². The van der Waals surface area contributed by atoms with Crippen LogP contribution in [0.5, 0.6) is 0 Å². The number of carbonyl (C=O) groups is 1. The van der Waals surface area contributed by atoms with Gasteiger partial charge in [-0.1, -0.05) is 12.1 Å². The molecular formula is C35H31F2N5O5S. The number of anilines is 1. The van der Waals surface area contributed by atoms with Crippen LogP contribution in [0.25, 0.3) is 44.6 Å². The van der Waals surface area contributed by atoms with E-state index in [4.69, 9.17) is 9.40 Å². The second-order valence-electron chi connectivity index (χ2n) is 11.2. The quantitative estimate of drug-likeness (QED) is 0.207. The topological polar surface area (TPSA) is 131 Å². The summed E-state index contributed by atoms with van der Waals surface area (Å²) < 4.78 is 49.4. The van der Waals surface area contributed by atoms with Crippen LogP contribution in [0.2, 0.25) is 0 Å². The number of furan rings is 1. The normalized spacial score (nSPS) is 12.7. The number of rotatable bonds is 9. The van der Waals surface area contributed by atoms with Gasteiger partial charge in [-0.25, -0.2) is 23.0 Å². The second kappa shape index (κ2) is 13.1. The van der Waals surface area contributed by atoms with Crippen molar-refractivity contribution in [2.45, 2.75) is 19.4 Å². The highest BCUT2D eigenvalue weighted by Gasteiger charge is 2.26. The molecule has 48 heavy (non-hydrogen) atoms. The Morgan fingerprint density at radius 1 is 1.04 bits per heavy atom. The minimum absolute atomic E-state index is 0.0418. The predicted octanol–water partition coefficient (Wildman–Crippen LogP) is 5.52. The van der Waals surface area contributed by atoms with Gasteiger partial charge in [0.1, 0.15) is 39.8 Å². The van der Waals surface area contributed by atoms with Gasteiger partial charge in [-0.15, -0.1) is 0 Å². The van der Waals surface area contributed by atoms with Gasteiger partial charge in [0, 0.05) is 49.5 Å². The molecule has 3 heterocycles. The van der Waals surface area contributed by atoms with E-state index in [9.17, 15) is 27.7 Å². The average Bonchev–Trinajstić information content (AvgIpc) is 3.45. The van der Waals surface area contributed by atoms with Gasteiger partial charge in [0.2, 0.25) is 0 Å². The molecule has 2 N–H and O–H groups in total. The first-order valence-electron chi connectivity index (χ1n) is 14.9. The summed E-state index contributed by atoms with van der Waals surface area (Å²) in [4.78, 5) is 36.8. The van der Waals surface area contributed by atoms with Crippen LogP contribution in [0.3, 0.4) is 0 Å². The average molecular weight is 672 g/mol. The number of halogens is 2. The van der Waals surface area contributed by atoms with Gasteiger partial charge in [-0.05, 0) is 73.5 Å². The highest BCUT2D eigenvalue weighted by molar-refractivity contribution is 7.85. The van der Waals surface area contributed by atoms with Gasteiger partial charge in [0.25, 0.3) is 11.5 Å². The van der Waals surface area contributed by atoms with Crippen molar-refractivity contribution >= 4 is 44.6 Å². The number of aliphatic hydroxyl groups is 1. The van der Waals surface area contributed by atoms with Gasteiger partial charge in [-0.2, -0.15) is 0 Å². The van der Waals surface area contributed by atoms with Crippen LogP contribution in [0, 0.1) is 18.6 Å². The van der Waals surface area contributed by atoms with Gasteiger partial charge >= 0.3 is 0 Å². The lowest BCUT2D eigenvalue weighted by Crippen LogP contribution is -2.30. The Morgan fingerprint density at radius 3 is 2.33 bits per heavy atom. The Labute approximate surface area is 276 Å². The van der Waals surface area contributed by atoms with Crippen LogP contribution in [-0.4, -0.2) is 56.7 Å². The molecule has 13 heteroatoms. The number of aromatic nitrogens is 3. The number of pyridine rings is 1. The molecule has 6 rings (SSSR count). The molecule has 0 aliphatic carbocycles. The Morgan fingerprint density at radius 2 is 1.71 bits per heavy atom. The predicted molar refractivity (Wildman–Crippen MR) is 181 cm³/mol. The Kier molecular flexibility index (Phi) is 8.91. The number of nitrogens with one attached hydrogen (secondary N) is 1. The van der Waals surface area contributed by atoms with E-state index < -0.39 is 40.1 Å². The highest BCUT2D eigenvalue weighted by Crippen LogP contribution is 2.41. The Bertz CT molecular complexity index is 2270. The van der Waals surface area contributed by atoms with Crippen molar-refractivity contribution in [3.63, 3.8) is 0 Å². The van der Waals surface area contributed by atoms with Gasteiger partial charge in [-0.3, -0.25) is 18.5 Å². The molecule has 3 aromatic heterocycles. The summed E-state index contributed by atoms with van der Waals surface area (Å²) >= 11 is 0. The molecule has 246 valence electrons. The van der Waals surface area contributed by atoms with E-state index >= 15 is 0 Å². The smallest absolute Gasteiger partial charge is 0.280 e. The fourth-order valence-electron chi connectivity index (χ4n) is 5.85. The molecule has 0 aliphatic rings. The van der Waals surface area contributed by atoms with Crippen molar-refractivity contribution in [3.05, 3.63) is 112 Å². The van der Waals surface area contributed by atoms with Crippen molar-refractivity contribution in [3.8, 4) is 22.6 Å². The molecule has 6 aromatic rings. The number of fused-ring (bicyclic) bond motifs is 2. The fraction of sp³-hybridized carbons (Fsp3) is 0.200. The first kappa shape index (κ1) is 32.7. The number of aliphatic hydroxyl groups excluding tert-OH is 1. The maximum absolute atomic E-state index is 14.1. The first-order chi connectivity index (χ1) is 23.0. The monoisotopic (exact) mass is 671 g/mol. The Hall–Kier alpha value is -5.27. The lowest BCUT2D eigenvalue weighted by atomic mass is 10.0. The van der Waals surface area contributed by atoms with E-state index in [1.807, 2.05) is 0 Å². The van der Waals surface area contributed by atoms with Gasteiger partial charge in [0.15, 0.2) is 5.52 Å². The van der Waals surface area contributed by atoms with E-state index in [0.717, 1.165) is 0 Å². The van der Waals surface area contributed by atoms with Crippen LogP contribution >= 0.6 is 0 Å². The van der Waals surface area contributed by atoms with Gasteiger partial charge in [0.05, 0.1) is 28.5 Å². The van der Waals surface area contributed by atoms with E-state index in [1.165, 1.54) is 58.6 Å². The molecule has 0 radical (unpaired) electrons. The molecule has 0 fully saturated rings. The van der Waals surface area contributed by atoms with Crippen LogP contribution in [-0.2, 0) is 11.0 Å². The van der Waals surface area contributed by atoms with Crippen molar-refractivity contribution < 1.29 is 27.3 Å². The summed E-state index contributed by atoms with van der Waals surface area (Å²) in [6, 6.07) is 17.3. The standard InChI is InChI=1S/C35H31F2N5O5S/c1-19-39-27-14-13-26(40-32(27)35(45)42(19)28(15-16-43)20-5-9-22(36)10-6-20)24-17-25-30(18-29(24)41(3)48(4)46)47-33(31(25)34(44)38-2)21-7-11-23(37)12-8-21/h5-14,17-18,28,43H,15-16H2,1-4H3,(H,38,44)/t28-,48?/m1/s1. The van der Waals surface area contributed by atoms with Crippen molar-refractivity contribution in [1.29, 1.82) is 0 Å². The number of amides is 1. The zero-order chi connectivity index (χ0) is 34.3. The molecule has 1 unspecified atom stereocenters. The third-order valence-corrected chi connectivity index (χ3v) is 9.23. The SMILES string of the molecule is CNC(=O)c1c(-c2ccc(F)cc2)oc2cc(N(C)S(C)=O)c(-c3ccc4nc(C)n([C@H](CCO)c5ccc(F)cc5)c(=O)c4n3)cc12. The number of nitrogens with zero attached hydrogens (tertiary/aromatic N) is 4. The molecule has 2 atom stereocenters. The number of aryl methyl sites for hydroxylation is 1. The van der Waals surface area contributed by atoms with Crippen LogP contribution in [0.1, 0.15) is 34.2 Å². The number of hydrogen-bond donors (Lipinski definition) is 2. The molecule has 0 saturated carbocycles. The van der Waals surface area contributed by atoms with E-state index in [2.05, 4.69) is 10.3 Å². The van der Waals surface area contributed by atoms with Gasteiger partial charge < -0.3 is 14.8 Å². The molecular weight excluding hydrogens is 640 g/mol. The molecule has 1 amide bonds.